The lowest BCUT2D eigenvalue weighted by atomic mass is 10.1. The third-order valence-electron chi connectivity index (χ3n) is 4.26. The summed E-state index contributed by atoms with van der Waals surface area (Å²) >= 11 is 0. The second-order valence-electron chi connectivity index (χ2n) is 5.98. The van der Waals surface area contributed by atoms with Crippen molar-refractivity contribution < 1.29 is 19.1 Å². The van der Waals surface area contributed by atoms with Crippen molar-refractivity contribution in [3.05, 3.63) is 59.0 Å². The van der Waals surface area contributed by atoms with E-state index in [1.165, 1.54) is 11.6 Å². The zero-order valence-corrected chi connectivity index (χ0v) is 12.9. The molecule has 5 nitrogen and oxygen atoms in total. The molecule has 2 N–H and O–H groups in total. The van der Waals surface area contributed by atoms with Crippen LogP contribution in [-0.2, 0) is 11.3 Å². The van der Waals surface area contributed by atoms with Crippen LogP contribution in [0.5, 0.6) is 0 Å². The molecule has 5 heteroatoms. The van der Waals surface area contributed by atoms with Crippen molar-refractivity contribution in [3.63, 3.8) is 0 Å². The maximum atomic E-state index is 12.0. The number of benzene rings is 1. The molecule has 1 aliphatic carbocycles. The highest BCUT2D eigenvalue weighted by Gasteiger charge is 2.39. The molecule has 1 amide bonds. The van der Waals surface area contributed by atoms with Crippen LogP contribution in [0.1, 0.15) is 46.2 Å². The van der Waals surface area contributed by atoms with Crippen LogP contribution >= 0.6 is 0 Å². The molecule has 1 fully saturated rings. The molecule has 0 unspecified atom stereocenters. The van der Waals surface area contributed by atoms with E-state index in [-0.39, 0.29) is 18.0 Å². The van der Waals surface area contributed by atoms with E-state index in [9.17, 15) is 9.59 Å². The Kier molecular flexibility index (Phi) is 4.19. The molecule has 3 rings (SSSR count). The van der Waals surface area contributed by atoms with Gasteiger partial charge in [-0.2, -0.15) is 0 Å². The van der Waals surface area contributed by atoms with E-state index in [1.807, 2.05) is 18.2 Å². The predicted molar refractivity (Wildman–Crippen MR) is 84.2 cm³/mol. The topological polar surface area (TPSA) is 79.5 Å². The summed E-state index contributed by atoms with van der Waals surface area (Å²) in [6.45, 7) is 1.82. The molecule has 1 aliphatic rings. The zero-order chi connectivity index (χ0) is 16.4. The summed E-state index contributed by atoms with van der Waals surface area (Å²) in [4.78, 5) is 23.0. The third kappa shape index (κ3) is 3.62. The van der Waals surface area contributed by atoms with Crippen molar-refractivity contribution in [3.8, 4) is 0 Å². The summed E-state index contributed by atoms with van der Waals surface area (Å²) in [5, 5.41) is 11.8. The highest BCUT2D eigenvalue weighted by molar-refractivity contribution is 5.88. The van der Waals surface area contributed by atoms with Crippen LogP contribution in [0.25, 0.3) is 0 Å². The molecule has 0 radical (unpaired) electrons. The van der Waals surface area contributed by atoms with Gasteiger partial charge in [0.05, 0.1) is 6.54 Å². The first-order valence-electron chi connectivity index (χ1n) is 7.69. The molecule has 0 spiro atoms. The number of hydrogen-bond donors (Lipinski definition) is 2. The average Bonchev–Trinajstić information content (AvgIpc) is 3.18. The molecule has 1 heterocycles. The van der Waals surface area contributed by atoms with Gasteiger partial charge in [0.15, 0.2) is 0 Å². The van der Waals surface area contributed by atoms with Gasteiger partial charge in [-0.05, 0) is 36.8 Å². The van der Waals surface area contributed by atoms with Crippen LogP contribution in [-0.4, -0.2) is 17.0 Å². The van der Waals surface area contributed by atoms with E-state index in [2.05, 4.69) is 17.4 Å². The van der Waals surface area contributed by atoms with Crippen LogP contribution in [0.3, 0.4) is 0 Å². The number of aryl methyl sites for hydroxylation is 1. The fourth-order valence-electron chi connectivity index (χ4n) is 2.92. The van der Waals surface area contributed by atoms with Gasteiger partial charge in [0.2, 0.25) is 5.91 Å². The van der Waals surface area contributed by atoms with Gasteiger partial charge in [0.1, 0.15) is 17.1 Å². The predicted octanol–water partition coefficient (Wildman–Crippen LogP) is 3.10. The van der Waals surface area contributed by atoms with Crippen molar-refractivity contribution in [1.82, 2.24) is 5.32 Å². The molecule has 0 aliphatic heterocycles. The molecule has 1 saturated carbocycles. The molecule has 23 heavy (non-hydrogen) atoms. The molecule has 2 aromatic rings. The first-order valence-corrected chi connectivity index (χ1v) is 7.69. The second kappa shape index (κ2) is 6.28. The lowest BCUT2D eigenvalue weighted by Gasteiger charge is -2.03. The smallest absolute Gasteiger partial charge is 0.339 e. The van der Waals surface area contributed by atoms with Gasteiger partial charge in [-0.1, -0.05) is 30.3 Å². The van der Waals surface area contributed by atoms with Crippen LogP contribution < -0.4 is 5.32 Å². The van der Waals surface area contributed by atoms with Gasteiger partial charge in [-0.3, -0.25) is 4.79 Å². The van der Waals surface area contributed by atoms with Gasteiger partial charge >= 0.3 is 5.97 Å². The van der Waals surface area contributed by atoms with E-state index < -0.39 is 5.97 Å². The number of hydrogen-bond acceptors (Lipinski definition) is 3. The standard InChI is InChI=1S/C18H19NO4/c1-11-15(18(21)22)9-14(23-11)10-19-17(20)8-13-7-16(13)12-5-3-2-4-6-12/h2-6,9,13,16H,7-8,10H2,1H3,(H,19,20)(H,21,22)/t13-,16-/m0/s1. The van der Waals surface area contributed by atoms with Crippen molar-refractivity contribution in [2.75, 3.05) is 0 Å². The molecule has 0 saturated heterocycles. The second-order valence-corrected chi connectivity index (χ2v) is 5.98. The maximum absolute atomic E-state index is 12.0. The number of carbonyl (C=O) groups excluding carboxylic acids is 1. The number of carboxylic acid groups (broad SMARTS) is 1. The summed E-state index contributed by atoms with van der Waals surface area (Å²) in [5.74, 6) is 0.639. The molecular weight excluding hydrogens is 294 g/mol. The van der Waals surface area contributed by atoms with Crippen LogP contribution in [0.2, 0.25) is 0 Å². The van der Waals surface area contributed by atoms with E-state index in [4.69, 9.17) is 9.52 Å². The first kappa shape index (κ1) is 15.3. The minimum atomic E-state index is -1.02. The molecular formula is C18H19NO4. The number of aromatic carboxylic acids is 1. The largest absolute Gasteiger partial charge is 0.478 e. The number of furan rings is 1. The van der Waals surface area contributed by atoms with E-state index in [0.29, 0.717) is 29.8 Å². The van der Waals surface area contributed by atoms with E-state index in [0.717, 1.165) is 6.42 Å². The quantitative estimate of drug-likeness (QED) is 0.859. The SMILES string of the molecule is Cc1oc(CNC(=O)C[C@@H]2C[C@H]2c2ccccc2)cc1C(=O)O. The Bertz CT molecular complexity index is 720. The van der Waals surface area contributed by atoms with Gasteiger partial charge in [-0.15, -0.1) is 0 Å². The Hall–Kier alpha value is -2.56. The summed E-state index contributed by atoms with van der Waals surface area (Å²) < 4.78 is 5.34. The number of carbonyl (C=O) groups is 2. The molecule has 1 aromatic carbocycles. The number of amides is 1. The summed E-state index contributed by atoms with van der Waals surface area (Å²) in [6, 6.07) is 11.7. The van der Waals surface area contributed by atoms with Gasteiger partial charge < -0.3 is 14.8 Å². The summed E-state index contributed by atoms with van der Waals surface area (Å²) in [6.07, 6.45) is 1.53. The van der Waals surface area contributed by atoms with Crippen LogP contribution in [0.4, 0.5) is 0 Å². The lowest BCUT2D eigenvalue weighted by molar-refractivity contribution is -0.121. The lowest BCUT2D eigenvalue weighted by Crippen LogP contribution is -2.22. The first-order chi connectivity index (χ1) is 11.0. The third-order valence-corrected chi connectivity index (χ3v) is 4.26. The van der Waals surface area contributed by atoms with Crippen molar-refractivity contribution in [2.24, 2.45) is 5.92 Å². The van der Waals surface area contributed by atoms with Crippen molar-refractivity contribution in [1.29, 1.82) is 0 Å². The summed E-state index contributed by atoms with van der Waals surface area (Å²) in [5.41, 5.74) is 1.43. The Morgan fingerprint density at radius 2 is 2.04 bits per heavy atom. The molecule has 2 atom stereocenters. The zero-order valence-electron chi connectivity index (χ0n) is 12.9. The minimum Gasteiger partial charge on any atom is -0.478 e. The molecule has 120 valence electrons. The van der Waals surface area contributed by atoms with Gasteiger partial charge in [0.25, 0.3) is 0 Å². The highest BCUT2D eigenvalue weighted by Crippen LogP contribution is 2.49. The Morgan fingerprint density at radius 3 is 2.70 bits per heavy atom. The molecule has 0 bridgehead atoms. The monoisotopic (exact) mass is 313 g/mol. The average molecular weight is 313 g/mol. The Morgan fingerprint density at radius 1 is 1.30 bits per heavy atom. The van der Waals surface area contributed by atoms with Crippen molar-refractivity contribution >= 4 is 11.9 Å². The van der Waals surface area contributed by atoms with Crippen LogP contribution in [0, 0.1) is 12.8 Å². The van der Waals surface area contributed by atoms with Gasteiger partial charge in [0, 0.05) is 6.42 Å². The van der Waals surface area contributed by atoms with Gasteiger partial charge in [-0.25, -0.2) is 4.79 Å². The fourth-order valence-corrected chi connectivity index (χ4v) is 2.92. The highest BCUT2D eigenvalue weighted by atomic mass is 16.4. The number of rotatable bonds is 6. The Balaban J connectivity index is 1.48. The van der Waals surface area contributed by atoms with E-state index >= 15 is 0 Å². The fraction of sp³-hybridized carbons (Fsp3) is 0.333. The minimum absolute atomic E-state index is 0.0284. The number of nitrogens with one attached hydrogen (secondary N) is 1. The maximum Gasteiger partial charge on any atom is 0.339 e. The van der Waals surface area contributed by atoms with Crippen molar-refractivity contribution in [2.45, 2.75) is 32.2 Å². The van der Waals surface area contributed by atoms with E-state index in [1.54, 1.807) is 6.92 Å². The van der Waals surface area contributed by atoms with Crippen LogP contribution in [0.15, 0.2) is 40.8 Å². The normalized spacial score (nSPS) is 19.3. The number of carboxylic acids is 1. The Labute approximate surface area is 134 Å². The molecule has 1 aromatic heterocycles. The summed E-state index contributed by atoms with van der Waals surface area (Å²) in [7, 11) is 0.